The number of aliphatic hydroxyl groups excluding tert-OH is 1. The zero-order valence-electron chi connectivity index (χ0n) is 68.3. The summed E-state index contributed by atoms with van der Waals surface area (Å²) in [4.78, 5) is 181. The van der Waals surface area contributed by atoms with Gasteiger partial charge in [-0.05, 0) is 162 Å². The standard InChI is InChI=1S/C80H113ClN18O13.C2HF3O2/c1-9-84-79(85-10-2)88-38-17-15-24-60(70(104)94-62(41-49(5)6)71(105)93-61(25-16-18-39-89-80(86-11-3)87-12-4)78(112)99-40-20-26-68(99)77(111)90-50(7)69(82)103)92-73(107)64(44-53-30-35-59(102)36-31-53)97-76(110)67(48-100)98-75(109)66(46-55-21-19-37-83-47-55)96-74(108)65(43-52-28-33-58(81)34-29-52)95-72(106)63(91-51(8)101)45-54-27-32-56-22-13-14-23-57(56)42-54;3-2(4,5)1(6)7/h13-14,19,21-23,27-37,42,47,49-50,60-68,100,102H,9-12,15-18,20,24-26,38-41,43-46,48H2,1-8H3,(H2,82,103)(H,90,111)(H,91,101)(H,92,107)(H,93,105)(H,94,104)(H,95,106)(H,96,108)(H,97,110)(H,98,109)(H2,84,85,88)(H2,86,87,89);(H,6,7)/t50-,60-,61+,62+,63-,64+,65-,66+,67+,68+;/m1./s1. The summed E-state index contributed by atoms with van der Waals surface area (Å²) < 4.78 is 31.7. The minimum atomic E-state index is -5.08. The van der Waals surface area contributed by atoms with Gasteiger partial charge in [-0.1, -0.05) is 98.2 Å². The molecule has 5 aromatic rings. The highest BCUT2D eigenvalue weighted by atomic mass is 35.5. The summed E-state index contributed by atoms with van der Waals surface area (Å²) in [7, 11) is 0. The van der Waals surface area contributed by atoms with Crippen molar-refractivity contribution >= 4 is 105 Å². The molecular formula is C82H114ClF3N18O15. The Hall–Kier alpha value is -11.7. The van der Waals surface area contributed by atoms with Crippen LogP contribution in [-0.4, -0.2) is 227 Å². The number of phenols is 1. The van der Waals surface area contributed by atoms with Crippen molar-refractivity contribution in [1.82, 2.24) is 79.0 Å². The number of benzene rings is 4. The maximum atomic E-state index is 15.2. The molecule has 0 bridgehead atoms. The smallest absolute Gasteiger partial charge is 0.490 e. The molecule has 1 saturated heterocycles. The van der Waals surface area contributed by atoms with E-state index in [4.69, 9.17) is 27.2 Å². The second-order valence-corrected chi connectivity index (χ2v) is 29.3. The highest BCUT2D eigenvalue weighted by Crippen LogP contribution is 2.23. The second kappa shape index (κ2) is 50.8. The molecule has 0 saturated carbocycles. The fourth-order valence-electron chi connectivity index (χ4n) is 12.7. The Morgan fingerprint density at radius 3 is 1.45 bits per heavy atom. The number of phenolic OH excluding ortho intramolecular Hbond substituents is 1. The van der Waals surface area contributed by atoms with Gasteiger partial charge in [-0.2, -0.15) is 13.2 Å². The Labute approximate surface area is 695 Å². The molecule has 2 heterocycles. The van der Waals surface area contributed by atoms with E-state index >= 15 is 9.59 Å². The minimum Gasteiger partial charge on any atom is -0.508 e. The van der Waals surface area contributed by atoms with Crippen LogP contribution in [-0.2, 0) is 83.2 Å². The van der Waals surface area contributed by atoms with Crippen molar-refractivity contribution in [2.24, 2.45) is 21.6 Å². The number of aliphatic hydroxyl groups is 1. The van der Waals surface area contributed by atoms with Gasteiger partial charge in [0.15, 0.2) is 11.9 Å². The molecule has 119 heavy (non-hydrogen) atoms. The number of carboxylic acids is 1. The SMILES string of the molecule is CCNC(=NCCCC[C@H](NC(=O)[C@H](CC(C)C)NC(=O)[C@@H](CCCCN=C(NCC)NCC)NC(=O)[C@H](Cc1ccc(O)cc1)NC(=O)[C@H](CO)NC(=O)[C@H](Cc1cccnc1)NC(=O)[C@@H](Cc1ccc(Cl)cc1)NC(=O)[C@@H](Cc1ccc2ccccc2c1)NC(C)=O)C(=O)N1CCC[C@H]1C(=O)N[C@H](C)C(N)=O)NCC.O=C(O)C(F)(F)F. The zero-order chi connectivity index (χ0) is 87.7. The number of unbranched alkanes of at least 4 members (excludes halogenated alkanes) is 2. The number of primary amides is 1. The van der Waals surface area contributed by atoms with E-state index in [0.717, 1.165) is 10.8 Å². The average Bonchev–Trinajstić information content (AvgIpc) is 1.77. The largest absolute Gasteiger partial charge is 0.508 e. The monoisotopic (exact) mass is 1680 g/mol. The first-order valence-electron chi connectivity index (χ1n) is 39.8. The quantitative estimate of drug-likeness (QED) is 0.0151. The van der Waals surface area contributed by atoms with Gasteiger partial charge in [0.25, 0.3) is 0 Å². The van der Waals surface area contributed by atoms with E-state index in [1.54, 1.807) is 36.4 Å². The molecule has 0 radical (unpaired) electrons. The molecule has 4 aromatic carbocycles. The highest BCUT2D eigenvalue weighted by Gasteiger charge is 2.41. The summed E-state index contributed by atoms with van der Waals surface area (Å²) in [6.45, 7) is 16.3. The number of halogens is 4. The molecule has 650 valence electrons. The van der Waals surface area contributed by atoms with Crippen molar-refractivity contribution in [2.75, 3.05) is 52.4 Å². The predicted molar refractivity (Wildman–Crippen MR) is 442 cm³/mol. The van der Waals surface area contributed by atoms with Gasteiger partial charge in [0.2, 0.25) is 65.0 Å². The minimum absolute atomic E-state index is 0.0365. The van der Waals surface area contributed by atoms with Crippen molar-refractivity contribution in [3.8, 4) is 5.75 Å². The maximum absolute atomic E-state index is 15.2. The number of guanidine groups is 2. The lowest BCUT2D eigenvalue weighted by Crippen LogP contribution is -2.61. The van der Waals surface area contributed by atoms with Crippen LogP contribution in [0.15, 0.2) is 126 Å². The zero-order valence-corrected chi connectivity index (χ0v) is 69.0. The molecule has 0 spiro atoms. The van der Waals surface area contributed by atoms with Crippen LogP contribution in [0, 0.1) is 5.92 Å². The molecule has 1 aliphatic rings. The van der Waals surface area contributed by atoms with Crippen LogP contribution in [0.1, 0.15) is 135 Å². The summed E-state index contributed by atoms with van der Waals surface area (Å²) in [5, 5.41) is 68.1. The van der Waals surface area contributed by atoms with Crippen molar-refractivity contribution in [1.29, 1.82) is 0 Å². The number of pyridine rings is 1. The number of nitrogens with zero attached hydrogens (tertiary/aromatic N) is 4. The lowest BCUT2D eigenvalue weighted by atomic mass is 9.99. The number of likely N-dealkylation sites (tertiary alicyclic amines) is 1. The van der Waals surface area contributed by atoms with Gasteiger partial charge in [0, 0.05) is 95.8 Å². The van der Waals surface area contributed by atoms with E-state index in [1.165, 1.54) is 55.4 Å². The van der Waals surface area contributed by atoms with Gasteiger partial charge in [0.05, 0.1) is 6.61 Å². The lowest BCUT2D eigenvalue weighted by Gasteiger charge is -2.31. The number of carbonyl (C=O) groups is 12. The third-order valence-electron chi connectivity index (χ3n) is 18.7. The number of aliphatic imine (C=N–C) groups is 2. The van der Waals surface area contributed by atoms with Gasteiger partial charge < -0.3 is 95.1 Å². The number of amides is 11. The number of nitrogens with one attached hydrogen (secondary N) is 13. The van der Waals surface area contributed by atoms with E-state index in [9.17, 15) is 66.5 Å². The molecule has 6 rings (SSSR count). The molecule has 37 heteroatoms. The Bertz CT molecular complexity index is 4210. The number of nitrogens with two attached hydrogens (primary N) is 1. The number of hydrogen-bond acceptors (Lipinski definition) is 17. The van der Waals surface area contributed by atoms with Gasteiger partial charge in [-0.15, -0.1) is 0 Å². The fourth-order valence-corrected chi connectivity index (χ4v) is 12.8. The number of aliphatic carboxylic acids is 1. The molecule has 18 N–H and O–H groups in total. The molecule has 10 atom stereocenters. The maximum Gasteiger partial charge on any atom is 0.490 e. The van der Waals surface area contributed by atoms with Crippen molar-refractivity contribution < 1.29 is 86.0 Å². The molecule has 0 aliphatic carbocycles. The van der Waals surface area contributed by atoms with Gasteiger partial charge in [0.1, 0.15) is 66.2 Å². The first-order chi connectivity index (χ1) is 56.7. The molecule has 0 unspecified atom stereocenters. The number of aromatic nitrogens is 1. The average molecular weight is 1680 g/mol. The van der Waals surface area contributed by atoms with Crippen LogP contribution in [0.3, 0.4) is 0 Å². The van der Waals surface area contributed by atoms with Crippen LogP contribution in [0.2, 0.25) is 5.02 Å². The topological polar surface area (TPSA) is 489 Å². The number of rotatable bonds is 44. The number of carbonyl (C=O) groups excluding carboxylic acids is 11. The number of hydrogen-bond donors (Lipinski definition) is 17. The second-order valence-electron chi connectivity index (χ2n) is 28.8. The summed E-state index contributed by atoms with van der Waals surface area (Å²) in [6.07, 6.45) is -0.316. The first-order valence-corrected chi connectivity index (χ1v) is 40.2. The van der Waals surface area contributed by atoms with Crippen molar-refractivity contribution in [2.45, 2.75) is 205 Å². The van der Waals surface area contributed by atoms with Crippen LogP contribution in [0.25, 0.3) is 10.8 Å². The van der Waals surface area contributed by atoms with Crippen LogP contribution in [0.5, 0.6) is 5.75 Å². The predicted octanol–water partition coefficient (Wildman–Crippen LogP) is 2.91. The lowest BCUT2D eigenvalue weighted by molar-refractivity contribution is -0.192. The van der Waals surface area contributed by atoms with Crippen LogP contribution < -0.4 is 74.9 Å². The normalized spacial score (nSPS) is 14.6. The Kier molecular flexibility index (Phi) is 41.8. The van der Waals surface area contributed by atoms with Crippen LogP contribution >= 0.6 is 11.6 Å². The van der Waals surface area contributed by atoms with Gasteiger partial charge in [-0.25, -0.2) is 4.79 Å². The van der Waals surface area contributed by atoms with E-state index in [1.807, 2.05) is 84.0 Å². The number of fused-ring (bicyclic) bond motifs is 1. The van der Waals surface area contributed by atoms with E-state index in [0.29, 0.717) is 104 Å². The van der Waals surface area contributed by atoms with Gasteiger partial charge >= 0.3 is 12.1 Å². The van der Waals surface area contributed by atoms with E-state index < -0.39 is 144 Å². The molecule has 33 nitrogen and oxygen atoms in total. The highest BCUT2D eigenvalue weighted by molar-refractivity contribution is 6.30. The van der Waals surface area contributed by atoms with E-state index in [-0.39, 0.29) is 76.0 Å². The summed E-state index contributed by atoms with van der Waals surface area (Å²) >= 11 is 6.26. The third kappa shape index (κ3) is 34.8. The number of aromatic hydroxyl groups is 1. The summed E-state index contributed by atoms with van der Waals surface area (Å²) in [5.41, 5.74) is 7.61. The summed E-state index contributed by atoms with van der Waals surface area (Å²) in [5.74, 6) is -10.5. The van der Waals surface area contributed by atoms with E-state index in [2.05, 4.69) is 84.1 Å². The Morgan fingerprint density at radius 2 is 0.966 bits per heavy atom. The number of alkyl halides is 3. The first kappa shape index (κ1) is 97.9. The molecular weight excluding hydrogens is 1570 g/mol. The van der Waals surface area contributed by atoms with Crippen molar-refractivity contribution in [3.05, 3.63) is 143 Å². The molecule has 1 aromatic heterocycles. The van der Waals surface area contributed by atoms with Crippen molar-refractivity contribution in [3.63, 3.8) is 0 Å². The fraction of sp³-hybridized carbons (Fsp3) is 0.500. The summed E-state index contributed by atoms with van der Waals surface area (Å²) in [6, 6.07) is 15.3. The van der Waals surface area contributed by atoms with Crippen LogP contribution in [0.4, 0.5) is 13.2 Å². The molecule has 11 amide bonds. The van der Waals surface area contributed by atoms with Gasteiger partial charge in [-0.3, -0.25) is 67.7 Å². The molecule has 1 fully saturated rings. The molecule has 1 aliphatic heterocycles. The Balaban J connectivity index is 0.00000344. The number of carboxylic acid groups (broad SMARTS) is 1. The third-order valence-corrected chi connectivity index (χ3v) is 19.0. The Morgan fingerprint density at radius 1 is 0.538 bits per heavy atom.